The van der Waals surface area contributed by atoms with Crippen molar-refractivity contribution >= 4 is 6.21 Å². The molecule has 2 unspecified atom stereocenters. The summed E-state index contributed by atoms with van der Waals surface area (Å²) in [6, 6.07) is 4.11. The third-order valence-corrected chi connectivity index (χ3v) is 5.51. The largest absolute Gasteiger partial charge is 0.469 e. The number of rotatable bonds is 10. The molecule has 1 fully saturated rings. The van der Waals surface area contributed by atoms with Crippen molar-refractivity contribution < 1.29 is 9.15 Å². The van der Waals surface area contributed by atoms with Gasteiger partial charge in [0.2, 0.25) is 0 Å². The van der Waals surface area contributed by atoms with E-state index >= 15 is 0 Å². The van der Waals surface area contributed by atoms with Crippen LogP contribution in [-0.4, -0.2) is 50.5 Å². The predicted molar refractivity (Wildman–Crippen MR) is 114 cm³/mol. The molecule has 27 heavy (non-hydrogen) atoms. The van der Waals surface area contributed by atoms with Crippen molar-refractivity contribution in [3.63, 3.8) is 0 Å². The summed E-state index contributed by atoms with van der Waals surface area (Å²) >= 11 is 0. The summed E-state index contributed by atoms with van der Waals surface area (Å²) in [7, 11) is 4.30. The van der Waals surface area contributed by atoms with Crippen LogP contribution in [0.2, 0.25) is 0 Å². The van der Waals surface area contributed by atoms with Crippen molar-refractivity contribution in [2.45, 2.75) is 71.3 Å². The predicted octanol–water partition coefficient (Wildman–Crippen LogP) is 5.40. The Hall–Kier alpha value is -1.13. The second kappa shape index (κ2) is 9.88. The van der Waals surface area contributed by atoms with Crippen LogP contribution in [0.4, 0.5) is 0 Å². The van der Waals surface area contributed by atoms with Crippen molar-refractivity contribution in [2.75, 3.05) is 33.8 Å². The van der Waals surface area contributed by atoms with E-state index in [1.807, 2.05) is 6.07 Å². The van der Waals surface area contributed by atoms with Gasteiger partial charge in [-0.05, 0) is 71.7 Å². The summed E-state index contributed by atoms with van der Waals surface area (Å²) in [6.45, 7) is 11.7. The number of hydrogen-bond donors (Lipinski definition) is 0. The Kier molecular flexibility index (Phi) is 8.11. The van der Waals surface area contributed by atoms with Gasteiger partial charge in [0.15, 0.2) is 0 Å². The molecular formula is C23H40N2O2. The number of hydrogen-bond acceptors (Lipinski definition) is 4. The van der Waals surface area contributed by atoms with Gasteiger partial charge in [-0.15, -0.1) is 0 Å². The number of nitrogens with zero attached hydrogens (tertiary/aromatic N) is 2. The number of furan rings is 1. The molecule has 1 aliphatic heterocycles. The van der Waals surface area contributed by atoms with Gasteiger partial charge in [0.1, 0.15) is 5.76 Å². The van der Waals surface area contributed by atoms with E-state index in [0.29, 0.717) is 5.92 Å². The zero-order valence-electron chi connectivity index (χ0n) is 18.3. The van der Waals surface area contributed by atoms with Gasteiger partial charge in [-0.3, -0.25) is 4.99 Å². The highest BCUT2D eigenvalue weighted by molar-refractivity contribution is 5.66. The maximum Gasteiger partial charge on any atom is 0.106 e. The molecule has 0 N–H and O–H groups in total. The summed E-state index contributed by atoms with van der Waals surface area (Å²) in [5.74, 6) is 2.30. The quantitative estimate of drug-likeness (QED) is 0.513. The highest BCUT2D eigenvalue weighted by Gasteiger charge is 2.40. The van der Waals surface area contributed by atoms with Gasteiger partial charge in [0, 0.05) is 37.2 Å². The maximum atomic E-state index is 5.96. The molecule has 1 aromatic heterocycles. The summed E-state index contributed by atoms with van der Waals surface area (Å²) in [5, 5.41) is 0. The normalized spacial score (nSPS) is 24.1. The summed E-state index contributed by atoms with van der Waals surface area (Å²) in [4.78, 5) is 7.19. The first-order valence-electron chi connectivity index (χ1n) is 10.5. The second-order valence-corrected chi connectivity index (χ2v) is 9.64. The molecule has 0 radical (unpaired) electrons. The summed E-state index contributed by atoms with van der Waals surface area (Å²) < 4.78 is 11.7. The molecule has 4 nitrogen and oxygen atoms in total. The van der Waals surface area contributed by atoms with E-state index in [1.165, 1.54) is 12.8 Å². The lowest BCUT2D eigenvalue weighted by Gasteiger charge is -2.44. The topological polar surface area (TPSA) is 38.0 Å². The van der Waals surface area contributed by atoms with Gasteiger partial charge >= 0.3 is 0 Å². The molecule has 1 aliphatic rings. The zero-order valence-corrected chi connectivity index (χ0v) is 18.3. The van der Waals surface area contributed by atoms with Crippen LogP contribution in [0.3, 0.4) is 0 Å². The Morgan fingerprint density at radius 1 is 1.22 bits per heavy atom. The minimum Gasteiger partial charge on any atom is -0.469 e. The fourth-order valence-electron chi connectivity index (χ4n) is 4.41. The van der Waals surface area contributed by atoms with Gasteiger partial charge in [-0.25, -0.2) is 0 Å². The van der Waals surface area contributed by atoms with Crippen LogP contribution in [0, 0.1) is 11.3 Å². The monoisotopic (exact) mass is 376 g/mol. The van der Waals surface area contributed by atoms with Crippen LogP contribution in [0.1, 0.15) is 71.5 Å². The van der Waals surface area contributed by atoms with Crippen LogP contribution in [0.25, 0.3) is 0 Å². The van der Waals surface area contributed by atoms with Gasteiger partial charge < -0.3 is 14.1 Å². The van der Waals surface area contributed by atoms with Crippen molar-refractivity contribution in [1.82, 2.24) is 4.90 Å². The average Bonchev–Trinajstić information content (AvgIpc) is 3.06. The lowest BCUT2D eigenvalue weighted by Crippen LogP contribution is -2.47. The van der Waals surface area contributed by atoms with Crippen molar-refractivity contribution in [1.29, 1.82) is 0 Å². The maximum absolute atomic E-state index is 5.96. The van der Waals surface area contributed by atoms with Gasteiger partial charge in [0.25, 0.3) is 0 Å². The highest BCUT2D eigenvalue weighted by atomic mass is 16.5. The van der Waals surface area contributed by atoms with E-state index < -0.39 is 0 Å². The Morgan fingerprint density at radius 2 is 2.00 bits per heavy atom. The third-order valence-electron chi connectivity index (χ3n) is 5.51. The zero-order chi connectivity index (χ0) is 19.9. The van der Waals surface area contributed by atoms with E-state index in [2.05, 4.69) is 59.0 Å². The minimum absolute atomic E-state index is 0.0752. The first-order chi connectivity index (χ1) is 12.7. The second-order valence-electron chi connectivity index (χ2n) is 9.64. The van der Waals surface area contributed by atoms with Gasteiger partial charge in [0.05, 0.1) is 11.9 Å². The van der Waals surface area contributed by atoms with Gasteiger partial charge in [-0.1, -0.05) is 20.3 Å². The standard InChI is InChI=1S/C23H40N2O2/c1-19(2)9-10-20(21-8-7-14-26-21)11-13-24-17-23(18-25(5)6)12-15-27-22(3,4)16-23/h7-8,14,17,19-20H,9-13,15-16,18H2,1-6H3. The highest BCUT2D eigenvalue weighted by Crippen LogP contribution is 2.38. The van der Waals surface area contributed by atoms with E-state index in [1.54, 1.807) is 6.26 Å². The molecule has 2 heterocycles. The Bertz CT molecular complexity index is 563. The fraction of sp³-hybridized carbons (Fsp3) is 0.783. The SMILES string of the molecule is CC(C)CCC(CCN=CC1(CN(C)C)CCOC(C)(C)C1)c1ccco1. The van der Waals surface area contributed by atoms with E-state index in [0.717, 1.165) is 50.6 Å². The molecule has 1 saturated heterocycles. The lowest BCUT2D eigenvalue weighted by molar-refractivity contribution is -0.0887. The molecule has 1 aromatic rings. The first-order valence-corrected chi connectivity index (χ1v) is 10.5. The van der Waals surface area contributed by atoms with E-state index in [9.17, 15) is 0 Å². The fourth-order valence-corrected chi connectivity index (χ4v) is 4.41. The molecular weight excluding hydrogens is 336 g/mol. The first kappa shape index (κ1) is 22.2. The third kappa shape index (κ3) is 7.42. The molecule has 2 rings (SSSR count). The lowest BCUT2D eigenvalue weighted by atomic mass is 9.74. The van der Waals surface area contributed by atoms with Crippen LogP contribution < -0.4 is 0 Å². The number of ether oxygens (including phenoxy) is 1. The van der Waals surface area contributed by atoms with Crippen LogP contribution in [0.5, 0.6) is 0 Å². The molecule has 0 aromatic carbocycles. The molecule has 0 aliphatic carbocycles. The molecule has 0 bridgehead atoms. The Morgan fingerprint density at radius 3 is 2.59 bits per heavy atom. The van der Waals surface area contributed by atoms with Crippen molar-refractivity contribution in [3.8, 4) is 0 Å². The van der Waals surface area contributed by atoms with Crippen molar-refractivity contribution in [3.05, 3.63) is 24.2 Å². The summed E-state index contributed by atoms with van der Waals surface area (Å²) in [6.07, 6.45) is 9.56. The molecule has 0 amide bonds. The minimum atomic E-state index is -0.0752. The summed E-state index contributed by atoms with van der Waals surface area (Å²) in [5.41, 5.74) is 0.0393. The molecule has 2 atom stereocenters. The molecule has 4 heteroatoms. The number of aliphatic imine (C=N–C) groups is 1. The van der Waals surface area contributed by atoms with Crippen molar-refractivity contribution in [2.24, 2.45) is 16.3 Å². The Labute approximate surface area is 166 Å². The average molecular weight is 377 g/mol. The van der Waals surface area contributed by atoms with Crippen LogP contribution in [0.15, 0.2) is 27.8 Å². The van der Waals surface area contributed by atoms with E-state index in [-0.39, 0.29) is 11.0 Å². The van der Waals surface area contributed by atoms with Crippen LogP contribution >= 0.6 is 0 Å². The molecule has 0 spiro atoms. The molecule has 0 saturated carbocycles. The smallest absolute Gasteiger partial charge is 0.106 e. The van der Waals surface area contributed by atoms with E-state index in [4.69, 9.17) is 14.1 Å². The van der Waals surface area contributed by atoms with Gasteiger partial charge in [-0.2, -0.15) is 0 Å². The molecule has 154 valence electrons. The van der Waals surface area contributed by atoms with Crippen LogP contribution in [-0.2, 0) is 4.74 Å². The Balaban J connectivity index is 1.98.